The minimum atomic E-state index is -3.83. The number of nitrogens with zero attached hydrogens (tertiary/aromatic N) is 2. The number of hydrogen-bond donors (Lipinski definition) is 2. The Morgan fingerprint density at radius 1 is 0.781 bits per heavy atom. The van der Waals surface area contributed by atoms with Gasteiger partial charge in [0.15, 0.2) is 0 Å². The highest BCUT2D eigenvalue weighted by Crippen LogP contribution is 2.41. The molecule has 0 fully saturated rings. The molecule has 4 aromatic rings. The quantitative estimate of drug-likeness (QED) is 0.433. The molecule has 0 radical (unpaired) electrons. The molecule has 0 aliphatic rings. The maximum atomic E-state index is 13.2. The Labute approximate surface area is 187 Å². The standard InChI is InChI=1S/C25H23N3O3S/c29-25(22-13-7-15-26-17-22,23-14-8-16-27-18-23)24(21-11-5-2-6-12-21)28-32(30,31)19-20-9-3-1-4-10-20/h1-18,24,28-29H,19H2/t24-/m1/s1. The number of pyridine rings is 2. The van der Waals surface area contributed by atoms with Crippen molar-refractivity contribution in [2.24, 2.45) is 0 Å². The number of sulfonamides is 1. The van der Waals surface area contributed by atoms with Gasteiger partial charge in [-0.1, -0.05) is 72.8 Å². The largest absolute Gasteiger partial charge is 0.378 e. The topological polar surface area (TPSA) is 92.2 Å². The zero-order valence-electron chi connectivity index (χ0n) is 17.2. The van der Waals surface area contributed by atoms with Crippen molar-refractivity contribution in [2.75, 3.05) is 0 Å². The third kappa shape index (κ3) is 4.75. The van der Waals surface area contributed by atoms with Gasteiger partial charge in [0.2, 0.25) is 10.0 Å². The highest BCUT2D eigenvalue weighted by molar-refractivity contribution is 7.88. The van der Waals surface area contributed by atoms with Gasteiger partial charge in [-0.3, -0.25) is 9.97 Å². The summed E-state index contributed by atoms with van der Waals surface area (Å²) in [6, 6.07) is 23.8. The number of benzene rings is 2. The third-order valence-corrected chi connectivity index (χ3v) is 6.56. The lowest BCUT2D eigenvalue weighted by molar-refractivity contribution is 0.0442. The number of nitrogens with one attached hydrogen (secondary N) is 1. The van der Waals surface area contributed by atoms with E-state index in [-0.39, 0.29) is 5.75 Å². The first kappa shape index (κ1) is 21.8. The fourth-order valence-electron chi connectivity index (χ4n) is 3.73. The summed E-state index contributed by atoms with van der Waals surface area (Å²) in [5.41, 5.74) is 0.402. The molecule has 0 amide bonds. The van der Waals surface area contributed by atoms with Gasteiger partial charge in [-0.25, -0.2) is 13.1 Å². The number of hydrogen-bond acceptors (Lipinski definition) is 5. The summed E-state index contributed by atoms with van der Waals surface area (Å²) in [7, 11) is -3.83. The van der Waals surface area contributed by atoms with Crippen molar-refractivity contribution in [1.82, 2.24) is 14.7 Å². The SMILES string of the molecule is O=S(=O)(Cc1ccccc1)N[C@H](c1ccccc1)C(O)(c1cccnc1)c1cccnc1. The molecule has 2 N–H and O–H groups in total. The van der Waals surface area contributed by atoms with E-state index in [1.807, 2.05) is 12.1 Å². The molecule has 0 bridgehead atoms. The molecule has 0 saturated carbocycles. The highest BCUT2D eigenvalue weighted by atomic mass is 32.2. The smallest absolute Gasteiger partial charge is 0.216 e. The molecule has 0 saturated heterocycles. The molecule has 0 aliphatic heterocycles. The average molecular weight is 446 g/mol. The van der Waals surface area contributed by atoms with Gasteiger partial charge in [0.1, 0.15) is 5.60 Å². The lowest BCUT2D eigenvalue weighted by Crippen LogP contribution is -2.45. The summed E-state index contributed by atoms with van der Waals surface area (Å²) in [4.78, 5) is 8.32. The van der Waals surface area contributed by atoms with E-state index in [4.69, 9.17) is 0 Å². The summed E-state index contributed by atoms with van der Waals surface area (Å²) < 4.78 is 29.2. The van der Waals surface area contributed by atoms with Crippen LogP contribution in [-0.2, 0) is 21.4 Å². The minimum absolute atomic E-state index is 0.215. The molecular weight excluding hydrogens is 422 g/mol. The number of aliphatic hydroxyl groups is 1. The second kappa shape index (κ2) is 9.40. The fourth-order valence-corrected chi connectivity index (χ4v) is 5.11. The van der Waals surface area contributed by atoms with Gasteiger partial charge in [-0.05, 0) is 23.3 Å². The zero-order valence-corrected chi connectivity index (χ0v) is 18.1. The molecule has 6 nitrogen and oxygen atoms in total. The van der Waals surface area contributed by atoms with Crippen LogP contribution in [0, 0.1) is 0 Å². The van der Waals surface area contributed by atoms with Crippen LogP contribution in [0.15, 0.2) is 110 Å². The van der Waals surface area contributed by atoms with Gasteiger partial charge in [-0.15, -0.1) is 0 Å². The van der Waals surface area contributed by atoms with E-state index < -0.39 is 21.7 Å². The van der Waals surface area contributed by atoms with Crippen LogP contribution < -0.4 is 4.72 Å². The van der Waals surface area contributed by atoms with E-state index in [2.05, 4.69) is 14.7 Å². The van der Waals surface area contributed by atoms with Crippen molar-refractivity contribution in [1.29, 1.82) is 0 Å². The molecule has 7 heteroatoms. The Balaban J connectivity index is 1.84. The number of aromatic nitrogens is 2. The second-order valence-corrected chi connectivity index (χ2v) is 9.21. The molecule has 0 unspecified atom stereocenters. The molecule has 2 aromatic carbocycles. The Kier molecular flexibility index (Phi) is 6.41. The zero-order chi connectivity index (χ0) is 22.4. The van der Waals surface area contributed by atoms with Crippen molar-refractivity contribution in [2.45, 2.75) is 17.4 Å². The Morgan fingerprint density at radius 2 is 1.31 bits per heavy atom. The van der Waals surface area contributed by atoms with Crippen molar-refractivity contribution in [3.05, 3.63) is 132 Å². The predicted molar refractivity (Wildman–Crippen MR) is 123 cm³/mol. The van der Waals surface area contributed by atoms with Crippen LogP contribution in [0.2, 0.25) is 0 Å². The molecule has 4 rings (SSSR count). The maximum Gasteiger partial charge on any atom is 0.216 e. The van der Waals surface area contributed by atoms with Crippen molar-refractivity contribution in [3.63, 3.8) is 0 Å². The summed E-state index contributed by atoms with van der Waals surface area (Å²) in [6.07, 6.45) is 6.28. The van der Waals surface area contributed by atoms with Crippen molar-refractivity contribution < 1.29 is 13.5 Å². The van der Waals surface area contributed by atoms with E-state index in [0.29, 0.717) is 22.3 Å². The van der Waals surface area contributed by atoms with Crippen LogP contribution in [0.25, 0.3) is 0 Å². The van der Waals surface area contributed by atoms with E-state index in [1.165, 1.54) is 12.4 Å². The van der Waals surface area contributed by atoms with Crippen LogP contribution >= 0.6 is 0 Å². The Bertz CT molecular complexity index is 1200. The third-order valence-electron chi connectivity index (χ3n) is 5.25. The average Bonchev–Trinajstić information content (AvgIpc) is 2.84. The first-order valence-corrected chi connectivity index (χ1v) is 11.8. The Morgan fingerprint density at radius 3 is 1.81 bits per heavy atom. The van der Waals surface area contributed by atoms with E-state index in [9.17, 15) is 13.5 Å². The van der Waals surface area contributed by atoms with Crippen molar-refractivity contribution in [3.8, 4) is 0 Å². The van der Waals surface area contributed by atoms with E-state index in [1.54, 1.807) is 85.2 Å². The summed E-state index contributed by atoms with van der Waals surface area (Å²) in [6.45, 7) is 0. The van der Waals surface area contributed by atoms with Gasteiger partial charge < -0.3 is 5.11 Å². The summed E-state index contributed by atoms with van der Waals surface area (Å²) >= 11 is 0. The van der Waals surface area contributed by atoms with E-state index >= 15 is 0 Å². The molecule has 1 atom stereocenters. The van der Waals surface area contributed by atoms with Crippen LogP contribution in [0.4, 0.5) is 0 Å². The van der Waals surface area contributed by atoms with Crippen molar-refractivity contribution >= 4 is 10.0 Å². The van der Waals surface area contributed by atoms with E-state index in [0.717, 1.165) is 0 Å². The van der Waals surface area contributed by atoms with Gasteiger partial charge in [0.05, 0.1) is 11.8 Å². The molecular formula is C25H23N3O3S. The maximum absolute atomic E-state index is 13.2. The van der Waals surface area contributed by atoms with Gasteiger partial charge >= 0.3 is 0 Å². The molecule has 2 aromatic heterocycles. The fraction of sp³-hybridized carbons (Fsp3) is 0.120. The van der Waals surface area contributed by atoms with Gasteiger partial charge in [0, 0.05) is 35.9 Å². The number of rotatable bonds is 8. The van der Waals surface area contributed by atoms with Gasteiger partial charge in [0.25, 0.3) is 0 Å². The lowest BCUT2D eigenvalue weighted by Gasteiger charge is -2.37. The molecule has 0 aliphatic carbocycles. The predicted octanol–water partition coefficient (Wildman–Crippen LogP) is 3.57. The Hall–Kier alpha value is -3.39. The van der Waals surface area contributed by atoms with Crippen LogP contribution in [-0.4, -0.2) is 23.5 Å². The molecule has 0 spiro atoms. The van der Waals surface area contributed by atoms with Crippen LogP contribution in [0.5, 0.6) is 0 Å². The normalized spacial score (nSPS) is 12.9. The van der Waals surface area contributed by atoms with Gasteiger partial charge in [-0.2, -0.15) is 0 Å². The first-order valence-electron chi connectivity index (χ1n) is 10.1. The molecule has 32 heavy (non-hydrogen) atoms. The second-order valence-electron chi connectivity index (χ2n) is 7.46. The minimum Gasteiger partial charge on any atom is -0.378 e. The summed E-state index contributed by atoms with van der Waals surface area (Å²) in [5, 5.41) is 12.2. The highest BCUT2D eigenvalue weighted by Gasteiger charge is 2.43. The monoisotopic (exact) mass is 445 g/mol. The lowest BCUT2D eigenvalue weighted by atomic mass is 9.79. The summed E-state index contributed by atoms with van der Waals surface area (Å²) in [5.74, 6) is -0.215. The van der Waals surface area contributed by atoms with Crippen LogP contribution in [0.3, 0.4) is 0 Å². The molecule has 162 valence electrons. The first-order chi connectivity index (χ1) is 15.5. The van der Waals surface area contributed by atoms with Crippen LogP contribution in [0.1, 0.15) is 28.3 Å². The molecule has 2 heterocycles.